The van der Waals surface area contributed by atoms with Crippen molar-refractivity contribution in [1.29, 1.82) is 10.5 Å². The second-order valence-corrected chi connectivity index (χ2v) is 6.48. The van der Waals surface area contributed by atoms with E-state index in [9.17, 15) is 23.4 Å². The van der Waals surface area contributed by atoms with Gasteiger partial charge in [-0.2, -0.15) is 23.7 Å². The van der Waals surface area contributed by atoms with Crippen LogP contribution in [-0.2, 0) is 6.18 Å². The Balaban J connectivity index is 0.000000232. The number of halogens is 3. The van der Waals surface area contributed by atoms with Crippen molar-refractivity contribution < 1.29 is 33.2 Å². The van der Waals surface area contributed by atoms with E-state index in [0.29, 0.717) is 12.1 Å². The van der Waals surface area contributed by atoms with Gasteiger partial charge >= 0.3 is 6.18 Å². The SMILES string of the molecule is N#Cc1ccc(O[C@H]2CNC[C@@]2(O)CO)c(O)c1.N#Cc1cccc(C(F)(F)F)c1. The molecule has 7 nitrogen and oxygen atoms in total. The first-order chi connectivity index (χ1) is 14.1. The van der Waals surface area contributed by atoms with Crippen molar-refractivity contribution in [2.45, 2.75) is 17.9 Å². The Hall–Kier alpha value is -3.31. The molecule has 0 spiro atoms. The molecule has 158 valence electrons. The first-order valence-corrected chi connectivity index (χ1v) is 8.64. The standard InChI is InChI=1S/C12H14N2O4.C8H4F3N/c13-4-8-1-2-10(9(16)3-8)18-11-5-14-6-12(11,17)7-15;9-8(10,11)7-3-1-2-6(4-7)5-12/h1-3,11,14-17H,5-7H2;1-4H/t11-,12+;/m0./s1. The summed E-state index contributed by atoms with van der Waals surface area (Å²) in [5.41, 5.74) is -1.81. The molecule has 3 rings (SSSR count). The number of β-amino-alcohol motifs (C(OH)–C–C–N with tert-alkyl or cyclic N) is 1. The molecular weight excluding hydrogens is 403 g/mol. The van der Waals surface area contributed by atoms with Crippen molar-refractivity contribution in [3.8, 4) is 23.6 Å². The maximum absolute atomic E-state index is 12.0. The molecule has 10 heteroatoms. The van der Waals surface area contributed by atoms with Gasteiger partial charge in [-0.1, -0.05) is 6.07 Å². The van der Waals surface area contributed by atoms with E-state index < -0.39 is 30.1 Å². The minimum Gasteiger partial charge on any atom is -0.504 e. The maximum Gasteiger partial charge on any atom is 0.416 e. The highest BCUT2D eigenvalue weighted by molar-refractivity contribution is 5.46. The molecule has 0 aliphatic carbocycles. The molecule has 0 unspecified atom stereocenters. The van der Waals surface area contributed by atoms with Gasteiger partial charge in [0.1, 0.15) is 11.7 Å². The maximum atomic E-state index is 12.0. The summed E-state index contributed by atoms with van der Waals surface area (Å²) in [6.07, 6.45) is -5.02. The highest BCUT2D eigenvalue weighted by Crippen LogP contribution is 2.31. The van der Waals surface area contributed by atoms with E-state index in [2.05, 4.69) is 5.32 Å². The molecule has 0 saturated carbocycles. The number of nitrogens with zero attached hydrogens (tertiary/aromatic N) is 2. The summed E-state index contributed by atoms with van der Waals surface area (Å²) in [5, 5.41) is 48.8. The van der Waals surface area contributed by atoms with Crippen LogP contribution < -0.4 is 10.1 Å². The van der Waals surface area contributed by atoms with Crippen LogP contribution in [0.4, 0.5) is 13.2 Å². The summed E-state index contributed by atoms with van der Waals surface area (Å²) in [5.74, 6) is 0.0100. The zero-order valence-corrected chi connectivity index (χ0v) is 15.5. The Kier molecular flexibility index (Phi) is 7.24. The molecule has 0 bridgehead atoms. The van der Waals surface area contributed by atoms with E-state index in [-0.39, 0.29) is 23.6 Å². The second kappa shape index (κ2) is 9.46. The zero-order chi connectivity index (χ0) is 22.4. The lowest BCUT2D eigenvalue weighted by molar-refractivity contribution is -0.137. The summed E-state index contributed by atoms with van der Waals surface area (Å²) in [4.78, 5) is 0. The average molecular weight is 421 g/mol. The number of nitriles is 2. The molecule has 1 saturated heterocycles. The molecule has 2 aromatic carbocycles. The van der Waals surface area contributed by atoms with Gasteiger partial charge in [0.25, 0.3) is 0 Å². The minimum atomic E-state index is -4.37. The van der Waals surface area contributed by atoms with E-state index in [1.165, 1.54) is 30.3 Å². The van der Waals surface area contributed by atoms with E-state index >= 15 is 0 Å². The van der Waals surface area contributed by atoms with Gasteiger partial charge < -0.3 is 25.4 Å². The smallest absolute Gasteiger partial charge is 0.416 e. The van der Waals surface area contributed by atoms with E-state index in [4.69, 9.17) is 20.4 Å². The summed E-state index contributed by atoms with van der Waals surface area (Å²) in [6.45, 7) is 0.170. The number of aliphatic hydroxyl groups excluding tert-OH is 1. The number of ether oxygens (including phenoxy) is 1. The second-order valence-electron chi connectivity index (χ2n) is 6.48. The fourth-order valence-corrected chi connectivity index (χ4v) is 2.64. The lowest BCUT2D eigenvalue weighted by Gasteiger charge is -2.27. The number of nitrogens with one attached hydrogen (secondary N) is 1. The monoisotopic (exact) mass is 421 g/mol. The topological polar surface area (TPSA) is 130 Å². The van der Waals surface area contributed by atoms with Crippen LogP contribution in [0.5, 0.6) is 11.5 Å². The van der Waals surface area contributed by atoms with Crippen LogP contribution in [0.2, 0.25) is 0 Å². The van der Waals surface area contributed by atoms with E-state index in [0.717, 1.165) is 12.1 Å². The fraction of sp³-hybridized carbons (Fsp3) is 0.300. The third-order valence-electron chi connectivity index (χ3n) is 4.31. The van der Waals surface area contributed by atoms with Crippen molar-refractivity contribution in [3.63, 3.8) is 0 Å². The zero-order valence-electron chi connectivity index (χ0n) is 15.5. The molecule has 0 amide bonds. The highest BCUT2D eigenvalue weighted by Gasteiger charge is 2.43. The Morgan fingerprint density at radius 1 is 1.13 bits per heavy atom. The molecule has 4 N–H and O–H groups in total. The number of phenols is 1. The van der Waals surface area contributed by atoms with Gasteiger partial charge in [-0.15, -0.1) is 0 Å². The lowest BCUT2D eigenvalue weighted by atomic mass is 10.0. The molecule has 1 aliphatic heterocycles. The van der Waals surface area contributed by atoms with Gasteiger partial charge in [0.15, 0.2) is 11.5 Å². The molecule has 1 fully saturated rings. The van der Waals surface area contributed by atoms with E-state index in [1.807, 2.05) is 6.07 Å². The quantitative estimate of drug-likeness (QED) is 0.596. The number of hydrogen-bond donors (Lipinski definition) is 4. The van der Waals surface area contributed by atoms with Crippen molar-refractivity contribution in [2.75, 3.05) is 19.7 Å². The van der Waals surface area contributed by atoms with Gasteiger partial charge in [0, 0.05) is 19.2 Å². The van der Waals surface area contributed by atoms with Crippen LogP contribution in [0.25, 0.3) is 0 Å². The van der Waals surface area contributed by atoms with Crippen LogP contribution in [0.1, 0.15) is 16.7 Å². The molecule has 1 aliphatic rings. The summed E-state index contributed by atoms with van der Waals surface area (Å²) in [7, 11) is 0. The summed E-state index contributed by atoms with van der Waals surface area (Å²) >= 11 is 0. The molecule has 0 aromatic heterocycles. The lowest BCUT2D eigenvalue weighted by Crippen LogP contribution is -2.48. The summed E-state index contributed by atoms with van der Waals surface area (Å²) < 4.78 is 41.5. The van der Waals surface area contributed by atoms with Gasteiger partial charge in [-0.25, -0.2) is 0 Å². The van der Waals surface area contributed by atoms with Crippen molar-refractivity contribution in [2.24, 2.45) is 0 Å². The third-order valence-corrected chi connectivity index (χ3v) is 4.31. The van der Waals surface area contributed by atoms with Crippen molar-refractivity contribution in [3.05, 3.63) is 59.2 Å². The first kappa shape index (κ1) is 23.0. The van der Waals surface area contributed by atoms with Gasteiger partial charge in [-0.3, -0.25) is 0 Å². The van der Waals surface area contributed by atoms with Crippen LogP contribution in [0.3, 0.4) is 0 Å². The number of hydrogen-bond acceptors (Lipinski definition) is 7. The predicted molar refractivity (Wildman–Crippen MR) is 98.3 cm³/mol. The van der Waals surface area contributed by atoms with Crippen LogP contribution >= 0.6 is 0 Å². The van der Waals surface area contributed by atoms with Crippen LogP contribution in [-0.4, -0.2) is 46.7 Å². The Morgan fingerprint density at radius 3 is 2.37 bits per heavy atom. The average Bonchev–Trinajstić information content (AvgIpc) is 3.10. The van der Waals surface area contributed by atoms with Crippen LogP contribution in [0.15, 0.2) is 42.5 Å². The number of phenolic OH excluding ortho intramolecular Hbond substituents is 1. The number of alkyl halides is 3. The highest BCUT2D eigenvalue weighted by atomic mass is 19.4. The van der Waals surface area contributed by atoms with Crippen molar-refractivity contribution >= 4 is 0 Å². The van der Waals surface area contributed by atoms with E-state index in [1.54, 1.807) is 6.07 Å². The first-order valence-electron chi connectivity index (χ1n) is 8.64. The molecule has 2 atom stereocenters. The normalized spacial score (nSPS) is 20.4. The van der Waals surface area contributed by atoms with Gasteiger partial charge in [0.2, 0.25) is 0 Å². The van der Waals surface area contributed by atoms with Gasteiger partial charge in [0.05, 0.1) is 35.4 Å². The Morgan fingerprint density at radius 2 is 1.80 bits per heavy atom. The van der Waals surface area contributed by atoms with Gasteiger partial charge in [-0.05, 0) is 30.3 Å². The third kappa shape index (κ3) is 5.61. The molecular formula is C20H18F3N3O4. The Labute approximate surface area is 170 Å². The predicted octanol–water partition coefficient (Wildman–Crippen LogP) is 1.91. The Bertz CT molecular complexity index is 969. The fourth-order valence-electron chi connectivity index (χ4n) is 2.64. The minimum absolute atomic E-state index is 0.0184. The largest absolute Gasteiger partial charge is 0.504 e. The number of benzene rings is 2. The summed E-state index contributed by atoms with van der Waals surface area (Å²) in [6, 6.07) is 12.1. The number of aliphatic hydroxyl groups is 2. The molecule has 2 aromatic rings. The molecule has 30 heavy (non-hydrogen) atoms. The molecule has 1 heterocycles. The van der Waals surface area contributed by atoms with Crippen LogP contribution in [0, 0.1) is 22.7 Å². The molecule has 0 radical (unpaired) electrons. The number of rotatable bonds is 3. The van der Waals surface area contributed by atoms with Crippen molar-refractivity contribution in [1.82, 2.24) is 5.32 Å². The number of aromatic hydroxyl groups is 1.